The van der Waals surface area contributed by atoms with E-state index in [0.717, 1.165) is 17.3 Å². The quantitative estimate of drug-likeness (QED) is 0.610. The summed E-state index contributed by atoms with van der Waals surface area (Å²) in [5.74, 6) is 0.479. The maximum Gasteiger partial charge on any atom is 0.304 e. The largest absolute Gasteiger partial charge is 0.355 e. The lowest BCUT2D eigenvalue weighted by Gasteiger charge is -1.98. The molecular formula is C15H14N6OS2. The van der Waals surface area contributed by atoms with Crippen LogP contribution in [0.5, 0.6) is 0 Å². The third-order valence-corrected chi connectivity index (χ3v) is 4.62. The number of hydrogen-bond donors (Lipinski definition) is 3. The predicted molar refractivity (Wildman–Crippen MR) is 95.9 cm³/mol. The number of fused-ring (bicyclic) bond motifs is 1. The van der Waals surface area contributed by atoms with Gasteiger partial charge >= 0.3 is 5.91 Å². The van der Waals surface area contributed by atoms with Gasteiger partial charge in [-0.05, 0) is 30.4 Å². The number of imidazole rings is 1. The number of nitrogens with zero attached hydrogens (tertiary/aromatic N) is 4. The Kier molecular flexibility index (Phi) is 3.89. The lowest BCUT2D eigenvalue weighted by atomic mass is 10.2. The molecule has 0 unspecified atom stereocenters. The van der Waals surface area contributed by atoms with Gasteiger partial charge in [0.25, 0.3) is 0 Å². The standard InChI is InChI=1S/C15H14N6OS2/c22-13(8-23)18-14-19-15(24-20-14)16-5-11-7-21-6-10(9-1-2-9)3-4-12(21)17-11/h3-4,6-7,9,23H,1-2,5H2,(H2,16,18,19,20,22). The topological polar surface area (TPSA) is 84.2 Å². The molecule has 24 heavy (non-hydrogen) atoms. The van der Waals surface area contributed by atoms with E-state index in [1.165, 1.54) is 29.9 Å². The van der Waals surface area contributed by atoms with Gasteiger partial charge in [-0.3, -0.25) is 10.1 Å². The van der Waals surface area contributed by atoms with Gasteiger partial charge in [0.05, 0.1) is 12.2 Å². The van der Waals surface area contributed by atoms with Gasteiger partial charge in [-0.15, -0.1) is 12.0 Å². The van der Waals surface area contributed by atoms with Crippen LogP contribution in [0.3, 0.4) is 0 Å². The predicted octanol–water partition coefficient (Wildman–Crippen LogP) is 2.50. The summed E-state index contributed by atoms with van der Waals surface area (Å²) in [7, 11) is 0. The Labute approximate surface area is 146 Å². The number of amides is 1. The van der Waals surface area contributed by atoms with E-state index in [1.807, 2.05) is 6.20 Å². The van der Waals surface area contributed by atoms with E-state index in [2.05, 4.69) is 64.9 Å². The number of rotatable bonds is 5. The summed E-state index contributed by atoms with van der Waals surface area (Å²) in [6.07, 6.45) is 6.75. The van der Waals surface area contributed by atoms with Gasteiger partial charge in [-0.25, -0.2) is 4.98 Å². The number of anilines is 2. The average Bonchev–Trinajstić information content (AvgIpc) is 3.21. The summed E-state index contributed by atoms with van der Waals surface area (Å²) >= 11 is 4.82. The van der Waals surface area contributed by atoms with Crippen LogP contribution in [-0.4, -0.2) is 24.6 Å². The minimum absolute atomic E-state index is 0.234. The Morgan fingerprint density at radius 3 is 3.04 bits per heavy atom. The summed E-state index contributed by atoms with van der Waals surface area (Å²) in [4.78, 5) is 19.9. The molecule has 9 heteroatoms. The van der Waals surface area contributed by atoms with Gasteiger partial charge in [0.2, 0.25) is 11.1 Å². The molecule has 4 rings (SSSR count). The van der Waals surface area contributed by atoms with Gasteiger partial charge < -0.3 is 9.72 Å². The van der Waals surface area contributed by atoms with Crippen molar-refractivity contribution in [1.82, 2.24) is 18.7 Å². The molecule has 1 fully saturated rings. The molecule has 1 saturated carbocycles. The Morgan fingerprint density at radius 1 is 1.38 bits per heavy atom. The summed E-state index contributed by atoms with van der Waals surface area (Å²) in [6, 6.07) is 4.21. The molecule has 3 aromatic heterocycles. The summed E-state index contributed by atoms with van der Waals surface area (Å²) < 4.78 is 6.10. The molecule has 0 radical (unpaired) electrons. The number of nitrogens with one attached hydrogen (secondary N) is 2. The monoisotopic (exact) mass is 358 g/mol. The highest BCUT2D eigenvalue weighted by Gasteiger charge is 2.23. The first kappa shape index (κ1) is 15.1. The van der Waals surface area contributed by atoms with Crippen LogP contribution < -0.4 is 10.6 Å². The average molecular weight is 358 g/mol. The van der Waals surface area contributed by atoms with Crippen molar-refractivity contribution >= 4 is 46.2 Å². The summed E-state index contributed by atoms with van der Waals surface area (Å²) in [5, 5.41) is 8.38. The van der Waals surface area contributed by atoms with Gasteiger partial charge in [-0.2, -0.15) is 9.36 Å². The highest BCUT2D eigenvalue weighted by Crippen LogP contribution is 2.39. The second-order valence-electron chi connectivity index (χ2n) is 5.58. The summed E-state index contributed by atoms with van der Waals surface area (Å²) in [5.41, 5.74) is 3.23. The number of thiol groups is 1. The van der Waals surface area contributed by atoms with E-state index >= 15 is 0 Å². The van der Waals surface area contributed by atoms with Crippen molar-refractivity contribution in [3.8, 4) is 5.18 Å². The molecule has 0 atom stereocenters. The Morgan fingerprint density at radius 2 is 2.25 bits per heavy atom. The van der Waals surface area contributed by atoms with Crippen LogP contribution in [0.25, 0.3) is 5.65 Å². The molecule has 0 spiro atoms. The number of hydrogen-bond acceptors (Lipinski definition) is 6. The molecule has 0 saturated heterocycles. The molecule has 1 aliphatic carbocycles. The van der Waals surface area contributed by atoms with Crippen LogP contribution >= 0.6 is 23.6 Å². The normalized spacial score (nSPS) is 13.7. The Hall–Kier alpha value is -2.48. The van der Waals surface area contributed by atoms with Gasteiger partial charge in [0.15, 0.2) is 0 Å². The fraction of sp³-hybridized carbons (Fsp3) is 0.267. The van der Waals surface area contributed by atoms with E-state index in [1.54, 1.807) is 0 Å². The molecular weight excluding hydrogens is 344 g/mol. The fourth-order valence-electron chi connectivity index (χ4n) is 2.45. The zero-order valence-corrected chi connectivity index (χ0v) is 14.3. The SMILES string of the molecule is O=C(C#[SH])Nc1nsc(NCc2cn3cc(C4CC4)ccc3n2)n1. The van der Waals surface area contributed by atoms with E-state index in [4.69, 9.17) is 0 Å². The molecule has 1 amide bonds. The van der Waals surface area contributed by atoms with Crippen LogP contribution in [0.1, 0.15) is 30.0 Å². The highest BCUT2D eigenvalue weighted by atomic mass is 32.1. The zero-order chi connectivity index (χ0) is 16.5. The van der Waals surface area contributed by atoms with Crippen molar-refractivity contribution in [2.75, 3.05) is 10.6 Å². The lowest BCUT2D eigenvalue weighted by Crippen LogP contribution is -2.09. The number of aromatic nitrogens is 4. The van der Waals surface area contributed by atoms with Crippen LogP contribution in [-0.2, 0) is 11.3 Å². The minimum Gasteiger partial charge on any atom is -0.355 e. The van der Waals surface area contributed by atoms with Crippen molar-refractivity contribution in [3.05, 3.63) is 35.8 Å². The van der Waals surface area contributed by atoms with Crippen molar-refractivity contribution in [3.63, 3.8) is 0 Å². The maximum atomic E-state index is 11.1. The number of pyridine rings is 1. The van der Waals surface area contributed by atoms with Crippen LogP contribution in [0.4, 0.5) is 11.1 Å². The molecule has 3 aromatic rings. The number of carbonyl (C=O) groups excluding carboxylic acids is 1. The maximum absolute atomic E-state index is 11.1. The molecule has 0 aromatic carbocycles. The molecule has 3 heterocycles. The number of carbonyl (C=O) groups is 1. The van der Waals surface area contributed by atoms with Crippen molar-refractivity contribution in [2.24, 2.45) is 0 Å². The van der Waals surface area contributed by atoms with Crippen LogP contribution in [0, 0.1) is 5.18 Å². The van der Waals surface area contributed by atoms with E-state index in [-0.39, 0.29) is 5.95 Å². The third kappa shape index (κ3) is 3.23. The molecule has 1 aliphatic rings. The van der Waals surface area contributed by atoms with Gasteiger partial charge in [0, 0.05) is 29.1 Å². The zero-order valence-electron chi connectivity index (χ0n) is 12.6. The second kappa shape index (κ2) is 6.20. The van der Waals surface area contributed by atoms with Crippen molar-refractivity contribution in [1.29, 1.82) is 0 Å². The van der Waals surface area contributed by atoms with E-state index < -0.39 is 5.91 Å². The third-order valence-electron chi connectivity index (χ3n) is 3.75. The summed E-state index contributed by atoms with van der Waals surface area (Å²) in [6.45, 7) is 0.536. The van der Waals surface area contributed by atoms with Crippen molar-refractivity contribution in [2.45, 2.75) is 25.3 Å². The first-order valence-electron chi connectivity index (χ1n) is 7.47. The Bertz CT molecular complexity index is 952. The Balaban J connectivity index is 1.43. The van der Waals surface area contributed by atoms with Gasteiger partial charge in [-0.1, -0.05) is 6.07 Å². The van der Waals surface area contributed by atoms with Crippen LogP contribution in [0.2, 0.25) is 0 Å². The first-order chi connectivity index (χ1) is 11.7. The second-order valence-corrected chi connectivity index (χ2v) is 6.55. The van der Waals surface area contributed by atoms with Crippen molar-refractivity contribution < 1.29 is 4.79 Å². The van der Waals surface area contributed by atoms with Gasteiger partial charge in [0.1, 0.15) is 5.65 Å². The highest BCUT2D eigenvalue weighted by molar-refractivity contribution is 7.69. The van der Waals surface area contributed by atoms with E-state index in [9.17, 15) is 4.79 Å². The van der Waals surface area contributed by atoms with E-state index in [0.29, 0.717) is 11.7 Å². The molecule has 0 aliphatic heterocycles. The minimum atomic E-state index is -0.477. The van der Waals surface area contributed by atoms with Crippen LogP contribution in [0.15, 0.2) is 24.5 Å². The molecule has 0 bridgehead atoms. The first-order valence-corrected chi connectivity index (χ1v) is 8.69. The fourth-order valence-corrected chi connectivity index (χ4v) is 3.03. The molecule has 122 valence electrons. The molecule has 7 nitrogen and oxygen atoms in total. The molecule has 2 N–H and O–H groups in total. The smallest absolute Gasteiger partial charge is 0.304 e. The lowest BCUT2D eigenvalue weighted by molar-refractivity contribution is -0.111.